The Morgan fingerprint density at radius 2 is 2.35 bits per heavy atom. The van der Waals surface area contributed by atoms with E-state index in [1.54, 1.807) is 31.2 Å². The van der Waals surface area contributed by atoms with Crippen LogP contribution in [0.3, 0.4) is 0 Å². The summed E-state index contributed by atoms with van der Waals surface area (Å²) >= 11 is 0. The quantitative estimate of drug-likeness (QED) is 0.754. The van der Waals surface area contributed by atoms with Crippen molar-refractivity contribution < 1.29 is 14.1 Å². The fourth-order valence-electron chi connectivity index (χ4n) is 3.24. The molecule has 2 heterocycles. The van der Waals surface area contributed by atoms with Crippen LogP contribution >= 0.6 is 0 Å². The Hall–Kier alpha value is -3.00. The van der Waals surface area contributed by atoms with Crippen LogP contribution in [0.4, 0.5) is 0 Å². The van der Waals surface area contributed by atoms with Crippen LogP contribution in [0, 0.1) is 0 Å². The smallest absolute Gasteiger partial charge is 0.254 e. The highest BCUT2D eigenvalue weighted by atomic mass is 16.5. The minimum atomic E-state index is -0.109. The number of benzene rings is 1. The molecule has 0 fully saturated rings. The van der Waals surface area contributed by atoms with Crippen LogP contribution in [0.25, 0.3) is 11.4 Å². The van der Waals surface area contributed by atoms with Gasteiger partial charge in [-0.15, -0.1) is 0 Å². The summed E-state index contributed by atoms with van der Waals surface area (Å²) < 4.78 is 11.8. The Bertz CT molecular complexity index is 946. The molecule has 1 aromatic carbocycles. The van der Waals surface area contributed by atoms with Gasteiger partial charge < -0.3 is 14.6 Å². The third-order valence-corrected chi connectivity index (χ3v) is 4.49. The van der Waals surface area contributed by atoms with E-state index in [9.17, 15) is 4.79 Å². The molecule has 134 valence electrons. The molecule has 0 radical (unpaired) electrons. The summed E-state index contributed by atoms with van der Waals surface area (Å²) in [6.45, 7) is 0.292. The lowest BCUT2D eigenvalue weighted by Crippen LogP contribution is -2.26. The van der Waals surface area contributed by atoms with Gasteiger partial charge in [-0.25, -0.2) is 0 Å². The van der Waals surface area contributed by atoms with E-state index < -0.39 is 0 Å². The Morgan fingerprint density at radius 3 is 3.12 bits per heavy atom. The van der Waals surface area contributed by atoms with Crippen LogP contribution in [0.15, 0.2) is 35.1 Å². The summed E-state index contributed by atoms with van der Waals surface area (Å²) in [5.41, 5.74) is 3.79. The lowest BCUT2D eigenvalue weighted by molar-refractivity contribution is 0.0936. The van der Waals surface area contributed by atoms with Gasteiger partial charge in [0.25, 0.3) is 11.8 Å². The van der Waals surface area contributed by atoms with Crippen LogP contribution in [0.1, 0.15) is 39.8 Å². The molecule has 1 amide bonds. The van der Waals surface area contributed by atoms with Crippen molar-refractivity contribution in [3.63, 3.8) is 0 Å². The lowest BCUT2D eigenvalue weighted by Gasteiger charge is -2.13. The number of hydrogen-bond donors (Lipinski definition) is 1. The number of amides is 1. The number of nitrogens with one attached hydrogen (secondary N) is 1. The van der Waals surface area contributed by atoms with Gasteiger partial charge in [0.05, 0.1) is 17.8 Å². The van der Waals surface area contributed by atoms with Crippen LogP contribution in [0.2, 0.25) is 0 Å². The maximum absolute atomic E-state index is 12.4. The highest BCUT2D eigenvalue weighted by Crippen LogP contribution is 2.33. The zero-order valence-corrected chi connectivity index (χ0v) is 14.6. The predicted octanol–water partition coefficient (Wildman–Crippen LogP) is 2.03. The van der Waals surface area contributed by atoms with Crippen LogP contribution in [-0.2, 0) is 24.8 Å². The molecule has 0 spiro atoms. The monoisotopic (exact) mass is 353 g/mol. The lowest BCUT2D eigenvalue weighted by atomic mass is 10.0. The fraction of sp³-hybridized carbons (Fsp3) is 0.333. The van der Waals surface area contributed by atoms with Crippen LogP contribution in [0.5, 0.6) is 0 Å². The predicted molar refractivity (Wildman–Crippen MR) is 92.2 cm³/mol. The van der Waals surface area contributed by atoms with Crippen molar-refractivity contribution in [2.24, 2.45) is 7.05 Å². The molecule has 8 nitrogen and oxygen atoms in total. The zero-order chi connectivity index (χ0) is 18.1. The van der Waals surface area contributed by atoms with Crippen molar-refractivity contribution in [1.29, 1.82) is 0 Å². The molecular formula is C18H19N5O3. The number of aryl methyl sites for hydroxylation is 2. The average molecular weight is 353 g/mol. The molecule has 0 bridgehead atoms. The first kappa shape index (κ1) is 16.5. The fourth-order valence-corrected chi connectivity index (χ4v) is 3.24. The summed E-state index contributed by atoms with van der Waals surface area (Å²) in [5, 5.41) is 11.1. The van der Waals surface area contributed by atoms with Gasteiger partial charge in [0.1, 0.15) is 6.61 Å². The number of fused-ring (bicyclic) bond motifs is 1. The summed E-state index contributed by atoms with van der Waals surface area (Å²) in [6, 6.07) is 6.04. The number of ether oxygens (including phenoxy) is 1. The molecule has 1 N–H and O–H groups in total. The Balaban J connectivity index is 1.51. The molecule has 26 heavy (non-hydrogen) atoms. The number of methoxy groups -OCH3 is 1. The molecule has 4 rings (SSSR count). The first-order valence-corrected chi connectivity index (χ1v) is 8.38. The summed E-state index contributed by atoms with van der Waals surface area (Å²) in [5.74, 6) is 0.884. The third-order valence-electron chi connectivity index (χ3n) is 4.49. The second kappa shape index (κ2) is 6.72. The minimum Gasteiger partial charge on any atom is -0.375 e. The molecule has 0 unspecified atom stereocenters. The second-order valence-electron chi connectivity index (χ2n) is 6.33. The van der Waals surface area contributed by atoms with E-state index >= 15 is 0 Å². The number of hydrogen-bond acceptors (Lipinski definition) is 6. The Kier molecular flexibility index (Phi) is 4.26. The molecule has 0 aliphatic heterocycles. The van der Waals surface area contributed by atoms with Gasteiger partial charge in [0.2, 0.25) is 5.82 Å². The van der Waals surface area contributed by atoms with Crippen molar-refractivity contribution in [3.05, 3.63) is 53.2 Å². The molecular weight excluding hydrogens is 334 g/mol. The normalized spacial score (nSPS) is 15.8. The highest BCUT2D eigenvalue weighted by Gasteiger charge is 2.25. The average Bonchev–Trinajstić information content (AvgIpc) is 3.35. The number of carbonyl (C=O) groups excluding carboxylic acids is 1. The Morgan fingerprint density at radius 1 is 1.46 bits per heavy atom. The SMILES string of the molecule is COCc1nc(-c2ccc3c(c2)CC[C@H]3NC(=O)c2cnn(C)c2)no1. The highest BCUT2D eigenvalue weighted by molar-refractivity contribution is 5.94. The van der Waals surface area contributed by atoms with Gasteiger partial charge in [-0.2, -0.15) is 10.1 Å². The van der Waals surface area contributed by atoms with Crippen molar-refractivity contribution in [2.45, 2.75) is 25.5 Å². The standard InChI is InChI=1S/C18H19N5O3/c1-23-9-13(8-19-23)18(24)20-15-6-4-11-7-12(3-5-14(11)15)17-21-16(10-25-2)26-22-17/h3,5,7-9,15H,4,6,10H2,1-2H3,(H,20,24)/t15-/m1/s1. The molecule has 0 saturated carbocycles. The maximum Gasteiger partial charge on any atom is 0.254 e. The minimum absolute atomic E-state index is 0.000997. The number of nitrogens with zero attached hydrogens (tertiary/aromatic N) is 4. The second-order valence-corrected chi connectivity index (χ2v) is 6.33. The van der Waals surface area contributed by atoms with Gasteiger partial charge >= 0.3 is 0 Å². The molecule has 1 aliphatic rings. The van der Waals surface area contributed by atoms with Gasteiger partial charge in [-0.3, -0.25) is 9.48 Å². The van der Waals surface area contributed by atoms with Gasteiger partial charge in [-0.05, 0) is 30.0 Å². The maximum atomic E-state index is 12.4. The van der Waals surface area contributed by atoms with E-state index in [1.165, 1.54) is 5.56 Å². The number of rotatable bonds is 5. The van der Waals surface area contributed by atoms with E-state index in [-0.39, 0.29) is 11.9 Å². The van der Waals surface area contributed by atoms with Crippen LogP contribution < -0.4 is 5.32 Å². The molecule has 0 saturated heterocycles. The first-order chi connectivity index (χ1) is 12.6. The van der Waals surface area contributed by atoms with E-state index in [1.807, 2.05) is 12.1 Å². The van der Waals surface area contributed by atoms with E-state index in [2.05, 4.69) is 26.6 Å². The van der Waals surface area contributed by atoms with E-state index in [4.69, 9.17) is 9.26 Å². The number of aromatic nitrogens is 4. The van der Waals surface area contributed by atoms with Crippen molar-refractivity contribution in [1.82, 2.24) is 25.2 Å². The summed E-state index contributed by atoms with van der Waals surface area (Å²) in [4.78, 5) is 16.7. The summed E-state index contributed by atoms with van der Waals surface area (Å²) in [6.07, 6.45) is 5.04. The number of carbonyl (C=O) groups is 1. The van der Waals surface area contributed by atoms with Crippen molar-refractivity contribution in [3.8, 4) is 11.4 Å². The molecule has 2 aromatic heterocycles. The first-order valence-electron chi connectivity index (χ1n) is 8.38. The zero-order valence-electron chi connectivity index (χ0n) is 14.6. The molecule has 1 aliphatic carbocycles. The topological polar surface area (TPSA) is 95.1 Å². The Labute approximate surface area is 150 Å². The van der Waals surface area contributed by atoms with Crippen molar-refractivity contribution in [2.75, 3.05) is 7.11 Å². The molecule has 3 aromatic rings. The van der Waals surface area contributed by atoms with E-state index in [0.717, 1.165) is 24.0 Å². The van der Waals surface area contributed by atoms with Gasteiger partial charge in [0.15, 0.2) is 0 Å². The van der Waals surface area contributed by atoms with Crippen molar-refractivity contribution >= 4 is 5.91 Å². The van der Waals surface area contributed by atoms with Crippen LogP contribution in [-0.4, -0.2) is 32.9 Å². The molecule has 8 heteroatoms. The largest absolute Gasteiger partial charge is 0.375 e. The van der Waals surface area contributed by atoms with E-state index in [0.29, 0.717) is 23.9 Å². The van der Waals surface area contributed by atoms with Gasteiger partial charge in [-0.1, -0.05) is 17.3 Å². The van der Waals surface area contributed by atoms with Gasteiger partial charge in [0, 0.05) is 25.9 Å². The molecule has 1 atom stereocenters. The summed E-state index contributed by atoms with van der Waals surface area (Å²) in [7, 11) is 3.37. The third kappa shape index (κ3) is 3.11.